The van der Waals surface area contributed by atoms with Gasteiger partial charge in [-0.2, -0.15) is 0 Å². The van der Waals surface area contributed by atoms with Gasteiger partial charge in [0.05, 0.1) is 24.7 Å². The molecule has 0 aliphatic rings. The van der Waals surface area contributed by atoms with Crippen molar-refractivity contribution in [3.05, 3.63) is 48.4 Å². The molecule has 0 unspecified atom stereocenters. The number of benzene rings is 1. The lowest BCUT2D eigenvalue weighted by Gasteiger charge is -2.21. The second-order valence-electron chi connectivity index (χ2n) is 3.60. The van der Waals surface area contributed by atoms with Crippen LogP contribution in [0.3, 0.4) is 0 Å². The van der Waals surface area contributed by atoms with Crippen LogP contribution in [0, 0.1) is 0 Å². The zero-order valence-corrected chi connectivity index (χ0v) is 9.74. The fourth-order valence-electron chi connectivity index (χ4n) is 1.65. The number of aliphatic hydroxyl groups excluding tert-OH is 1. The maximum atomic E-state index is 8.93. The number of aliphatic hydroxyl groups is 1. The van der Waals surface area contributed by atoms with Gasteiger partial charge in [-0.1, -0.05) is 18.2 Å². The first-order valence-corrected chi connectivity index (χ1v) is 5.59. The smallest absolute Gasteiger partial charge is 0.151 e. The Balaban J connectivity index is 2.29. The van der Waals surface area contributed by atoms with E-state index < -0.39 is 0 Å². The lowest BCUT2D eigenvalue weighted by atomic mass is 10.3. The Morgan fingerprint density at radius 2 is 1.88 bits per heavy atom. The summed E-state index contributed by atoms with van der Waals surface area (Å²) in [7, 11) is 0. The van der Waals surface area contributed by atoms with Crippen LogP contribution in [0.25, 0.3) is 0 Å². The summed E-state index contributed by atoms with van der Waals surface area (Å²) in [6, 6.07) is 10.0. The molecule has 1 aromatic heterocycles. The molecule has 17 heavy (non-hydrogen) atoms. The number of para-hydroxylation sites is 1. The standard InChI is InChI=1S/C13H15N3O/c1-2-16(12-6-4-3-5-7-12)13-9-14-11(10-17)8-15-13/h3-9,17H,2,10H2,1H3. The molecule has 1 heterocycles. The van der Waals surface area contributed by atoms with Crippen LogP contribution >= 0.6 is 0 Å². The van der Waals surface area contributed by atoms with Gasteiger partial charge in [-0.05, 0) is 19.1 Å². The van der Waals surface area contributed by atoms with Crippen LogP contribution < -0.4 is 4.90 Å². The van der Waals surface area contributed by atoms with E-state index in [2.05, 4.69) is 21.8 Å². The number of aromatic nitrogens is 2. The Morgan fingerprint density at radius 3 is 2.41 bits per heavy atom. The van der Waals surface area contributed by atoms with Crippen LogP contribution in [-0.2, 0) is 6.61 Å². The predicted molar refractivity (Wildman–Crippen MR) is 67.1 cm³/mol. The topological polar surface area (TPSA) is 49.2 Å². The van der Waals surface area contributed by atoms with Crippen LogP contribution in [0.4, 0.5) is 11.5 Å². The molecule has 88 valence electrons. The van der Waals surface area contributed by atoms with E-state index in [1.54, 1.807) is 12.4 Å². The molecule has 0 saturated carbocycles. The third-order valence-electron chi connectivity index (χ3n) is 2.51. The van der Waals surface area contributed by atoms with E-state index in [1.165, 1.54) is 0 Å². The molecule has 0 fully saturated rings. The molecular formula is C13H15N3O. The van der Waals surface area contributed by atoms with Crippen molar-refractivity contribution in [1.29, 1.82) is 0 Å². The zero-order valence-electron chi connectivity index (χ0n) is 9.74. The maximum absolute atomic E-state index is 8.93. The van der Waals surface area contributed by atoms with Gasteiger partial charge in [-0.15, -0.1) is 0 Å². The highest BCUT2D eigenvalue weighted by molar-refractivity contribution is 5.58. The average molecular weight is 229 g/mol. The summed E-state index contributed by atoms with van der Waals surface area (Å²) < 4.78 is 0. The molecule has 1 N–H and O–H groups in total. The van der Waals surface area contributed by atoms with Crippen molar-refractivity contribution in [2.45, 2.75) is 13.5 Å². The minimum absolute atomic E-state index is 0.0786. The van der Waals surface area contributed by atoms with E-state index in [0.717, 1.165) is 18.1 Å². The largest absolute Gasteiger partial charge is 0.390 e. The van der Waals surface area contributed by atoms with Crippen LogP contribution in [-0.4, -0.2) is 21.6 Å². The number of anilines is 2. The monoisotopic (exact) mass is 229 g/mol. The van der Waals surface area contributed by atoms with E-state index in [-0.39, 0.29) is 6.61 Å². The van der Waals surface area contributed by atoms with Gasteiger partial charge in [0.15, 0.2) is 5.82 Å². The molecule has 4 nitrogen and oxygen atoms in total. The molecular weight excluding hydrogens is 214 g/mol. The summed E-state index contributed by atoms with van der Waals surface area (Å²) in [5.41, 5.74) is 1.67. The first kappa shape index (κ1) is 11.5. The van der Waals surface area contributed by atoms with Crippen LogP contribution in [0.15, 0.2) is 42.7 Å². The van der Waals surface area contributed by atoms with E-state index in [4.69, 9.17) is 5.11 Å². The van der Waals surface area contributed by atoms with Crippen molar-refractivity contribution in [2.24, 2.45) is 0 Å². The summed E-state index contributed by atoms with van der Waals surface area (Å²) in [6.45, 7) is 2.80. The number of nitrogens with zero attached hydrogens (tertiary/aromatic N) is 3. The molecule has 0 aliphatic carbocycles. The van der Waals surface area contributed by atoms with Gasteiger partial charge in [0, 0.05) is 12.2 Å². The zero-order chi connectivity index (χ0) is 12.1. The van der Waals surface area contributed by atoms with E-state index >= 15 is 0 Å². The second-order valence-corrected chi connectivity index (χ2v) is 3.60. The van der Waals surface area contributed by atoms with Gasteiger partial charge in [0.2, 0.25) is 0 Å². The minimum Gasteiger partial charge on any atom is -0.390 e. The lowest BCUT2D eigenvalue weighted by Crippen LogP contribution is -2.17. The number of hydrogen-bond acceptors (Lipinski definition) is 4. The minimum atomic E-state index is -0.0786. The second kappa shape index (κ2) is 5.41. The summed E-state index contributed by atoms with van der Waals surface area (Å²) in [5, 5.41) is 8.93. The van der Waals surface area contributed by atoms with Crippen molar-refractivity contribution in [3.63, 3.8) is 0 Å². The Kier molecular flexibility index (Phi) is 3.67. The fraction of sp³-hybridized carbons (Fsp3) is 0.231. The molecule has 2 rings (SSSR count). The third kappa shape index (κ3) is 2.60. The van der Waals surface area contributed by atoms with Crippen LogP contribution in [0.1, 0.15) is 12.6 Å². The van der Waals surface area contributed by atoms with Gasteiger partial charge in [-0.3, -0.25) is 4.98 Å². The maximum Gasteiger partial charge on any atom is 0.151 e. The highest BCUT2D eigenvalue weighted by atomic mass is 16.3. The Hall–Kier alpha value is -1.94. The molecule has 0 aliphatic heterocycles. The van der Waals surface area contributed by atoms with Crippen molar-refractivity contribution >= 4 is 11.5 Å². The summed E-state index contributed by atoms with van der Waals surface area (Å²) in [5.74, 6) is 0.788. The highest BCUT2D eigenvalue weighted by Gasteiger charge is 2.08. The number of hydrogen-bond donors (Lipinski definition) is 1. The van der Waals surface area contributed by atoms with Gasteiger partial charge >= 0.3 is 0 Å². The summed E-state index contributed by atoms with van der Waals surface area (Å²) in [6.07, 6.45) is 3.28. The molecule has 0 atom stereocenters. The third-order valence-corrected chi connectivity index (χ3v) is 2.51. The Morgan fingerprint density at radius 1 is 1.12 bits per heavy atom. The molecule has 0 radical (unpaired) electrons. The van der Waals surface area contributed by atoms with Crippen molar-refractivity contribution in [1.82, 2.24) is 9.97 Å². The molecule has 0 bridgehead atoms. The Bertz CT molecular complexity index is 456. The highest BCUT2D eigenvalue weighted by Crippen LogP contribution is 2.21. The summed E-state index contributed by atoms with van der Waals surface area (Å²) >= 11 is 0. The Labute approximate surface area is 101 Å². The van der Waals surface area contributed by atoms with E-state index in [0.29, 0.717) is 5.69 Å². The summed E-state index contributed by atoms with van der Waals surface area (Å²) in [4.78, 5) is 10.5. The SMILES string of the molecule is CCN(c1ccccc1)c1cnc(CO)cn1. The molecule has 0 amide bonds. The van der Waals surface area contributed by atoms with Gasteiger partial charge < -0.3 is 10.0 Å². The van der Waals surface area contributed by atoms with Gasteiger partial charge in [0.25, 0.3) is 0 Å². The van der Waals surface area contributed by atoms with Crippen LogP contribution in [0.2, 0.25) is 0 Å². The fourth-order valence-corrected chi connectivity index (χ4v) is 1.65. The van der Waals surface area contributed by atoms with Gasteiger partial charge in [0.1, 0.15) is 0 Å². The van der Waals surface area contributed by atoms with Crippen molar-refractivity contribution in [2.75, 3.05) is 11.4 Å². The average Bonchev–Trinajstić information content (AvgIpc) is 2.42. The first-order valence-electron chi connectivity index (χ1n) is 5.59. The van der Waals surface area contributed by atoms with E-state index in [9.17, 15) is 0 Å². The van der Waals surface area contributed by atoms with Crippen LogP contribution in [0.5, 0.6) is 0 Å². The number of rotatable bonds is 4. The molecule has 4 heteroatoms. The molecule has 0 spiro atoms. The molecule has 0 saturated heterocycles. The quantitative estimate of drug-likeness (QED) is 0.872. The predicted octanol–water partition coefficient (Wildman–Crippen LogP) is 2.13. The van der Waals surface area contributed by atoms with Crippen molar-refractivity contribution < 1.29 is 5.11 Å². The molecule has 2 aromatic rings. The normalized spacial score (nSPS) is 10.2. The van der Waals surface area contributed by atoms with E-state index in [1.807, 2.05) is 30.3 Å². The van der Waals surface area contributed by atoms with Gasteiger partial charge in [-0.25, -0.2) is 4.98 Å². The lowest BCUT2D eigenvalue weighted by molar-refractivity contribution is 0.276. The molecule has 1 aromatic carbocycles. The first-order chi connectivity index (χ1) is 8.35. The van der Waals surface area contributed by atoms with Crippen molar-refractivity contribution in [3.8, 4) is 0 Å².